The molecule has 1 amide bonds. The molecular weight excluding hydrogens is 414 g/mol. The largest absolute Gasteiger partial charge is 0.493 e. The number of ether oxygens (including phenoxy) is 3. The van der Waals surface area contributed by atoms with E-state index in [0.29, 0.717) is 22.4 Å². The third-order valence-electron chi connectivity index (χ3n) is 5.18. The molecule has 3 rings (SSSR count). The van der Waals surface area contributed by atoms with Gasteiger partial charge < -0.3 is 19.1 Å². The summed E-state index contributed by atoms with van der Waals surface area (Å²) in [7, 11) is 4.64. The molecule has 0 spiro atoms. The van der Waals surface area contributed by atoms with Crippen LogP contribution >= 0.6 is 12.2 Å². The van der Waals surface area contributed by atoms with Gasteiger partial charge in [0.2, 0.25) is 11.7 Å². The van der Waals surface area contributed by atoms with Crippen LogP contribution in [0.15, 0.2) is 42.7 Å². The van der Waals surface area contributed by atoms with E-state index in [1.54, 1.807) is 45.7 Å². The van der Waals surface area contributed by atoms with Crippen LogP contribution in [0.4, 0.5) is 0 Å². The second kappa shape index (κ2) is 10.8. The first-order valence-electron chi connectivity index (χ1n) is 10.1. The molecule has 7 nitrogen and oxygen atoms in total. The lowest BCUT2D eigenvalue weighted by molar-refractivity contribution is -0.115. The van der Waals surface area contributed by atoms with Gasteiger partial charge in [0.05, 0.1) is 27.4 Å². The number of hydrogen-bond donors (Lipinski definition) is 1. The molecule has 1 aromatic heterocycles. The number of thiocarbonyl (C=S) groups is 1. The molecular formula is C23H27N3O4S. The summed E-state index contributed by atoms with van der Waals surface area (Å²) in [6.07, 6.45) is 9.86. The van der Waals surface area contributed by atoms with Crippen molar-refractivity contribution in [2.75, 3.05) is 27.9 Å². The summed E-state index contributed by atoms with van der Waals surface area (Å²) in [6, 6.07) is 7.63. The number of aromatic nitrogens is 1. The van der Waals surface area contributed by atoms with Crippen LogP contribution in [-0.2, 0) is 4.79 Å². The van der Waals surface area contributed by atoms with E-state index in [1.807, 2.05) is 18.3 Å². The highest BCUT2D eigenvalue weighted by Crippen LogP contribution is 2.38. The first-order valence-corrected chi connectivity index (χ1v) is 10.5. The van der Waals surface area contributed by atoms with Gasteiger partial charge in [-0.05, 0) is 66.9 Å². The van der Waals surface area contributed by atoms with Gasteiger partial charge in [0.15, 0.2) is 16.6 Å². The van der Waals surface area contributed by atoms with Gasteiger partial charge >= 0.3 is 0 Å². The fraction of sp³-hybridized carbons (Fsp3) is 0.348. The number of rotatable bonds is 6. The summed E-state index contributed by atoms with van der Waals surface area (Å²) in [5.41, 5.74) is 1.84. The van der Waals surface area contributed by atoms with Gasteiger partial charge in [0.25, 0.3) is 0 Å². The van der Waals surface area contributed by atoms with Gasteiger partial charge in [-0.2, -0.15) is 0 Å². The summed E-state index contributed by atoms with van der Waals surface area (Å²) in [6.45, 7) is 0.801. The Morgan fingerprint density at radius 2 is 1.94 bits per heavy atom. The zero-order valence-corrected chi connectivity index (χ0v) is 18.8. The minimum Gasteiger partial charge on any atom is -0.493 e. The number of amides is 1. The summed E-state index contributed by atoms with van der Waals surface area (Å²) in [5.74, 6) is 1.24. The third-order valence-corrected chi connectivity index (χ3v) is 5.51. The Kier molecular flexibility index (Phi) is 7.83. The molecule has 31 heavy (non-hydrogen) atoms. The van der Waals surface area contributed by atoms with Crippen molar-refractivity contribution >= 4 is 29.3 Å². The number of carbonyl (C=O) groups is 1. The van der Waals surface area contributed by atoms with Crippen molar-refractivity contribution in [3.05, 3.63) is 53.9 Å². The average Bonchev–Trinajstić information content (AvgIpc) is 2.82. The lowest BCUT2D eigenvalue weighted by Gasteiger charge is -2.37. The number of nitrogens with one attached hydrogen (secondary N) is 1. The molecule has 8 heteroatoms. The molecule has 1 saturated heterocycles. The topological polar surface area (TPSA) is 72.9 Å². The van der Waals surface area contributed by atoms with E-state index < -0.39 is 0 Å². The second-order valence-corrected chi connectivity index (χ2v) is 7.46. The summed E-state index contributed by atoms with van der Waals surface area (Å²) in [4.78, 5) is 18.8. The first-order chi connectivity index (χ1) is 15.1. The Morgan fingerprint density at radius 1 is 1.19 bits per heavy atom. The molecule has 0 saturated carbocycles. The van der Waals surface area contributed by atoms with Crippen LogP contribution in [-0.4, -0.2) is 48.8 Å². The first kappa shape index (κ1) is 22.6. The Hall–Kier alpha value is -3.13. The fourth-order valence-corrected chi connectivity index (χ4v) is 4.00. The maximum Gasteiger partial charge on any atom is 0.250 e. The molecule has 2 aromatic rings. The van der Waals surface area contributed by atoms with Gasteiger partial charge in [-0.15, -0.1) is 0 Å². The SMILES string of the molecule is COc1cc(C=CC(=O)NC(=S)N2CCCC[C@H]2c2cccnc2)cc(OC)c1OC. The number of nitrogens with zero attached hydrogens (tertiary/aromatic N) is 2. The minimum absolute atomic E-state index is 0.120. The van der Waals surface area contributed by atoms with Crippen molar-refractivity contribution in [3.63, 3.8) is 0 Å². The minimum atomic E-state index is -0.297. The molecule has 0 radical (unpaired) electrons. The molecule has 0 unspecified atom stereocenters. The van der Waals surface area contributed by atoms with E-state index in [4.69, 9.17) is 26.4 Å². The van der Waals surface area contributed by atoms with Crippen molar-refractivity contribution in [2.45, 2.75) is 25.3 Å². The van der Waals surface area contributed by atoms with Crippen molar-refractivity contribution in [2.24, 2.45) is 0 Å². The van der Waals surface area contributed by atoms with Gasteiger partial charge in [0.1, 0.15) is 0 Å². The van der Waals surface area contributed by atoms with E-state index in [0.717, 1.165) is 36.9 Å². The molecule has 164 valence electrons. The molecule has 0 aliphatic carbocycles. The third kappa shape index (κ3) is 5.52. The predicted octanol–water partition coefficient (Wildman–Crippen LogP) is 3.75. The number of likely N-dealkylation sites (tertiary alicyclic amines) is 1. The molecule has 1 fully saturated rings. The summed E-state index contributed by atoms with van der Waals surface area (Å²) >= 11 is 5.55. The smallest absolute Gasteiger partial charge is 0.250 e. The highest BCUT2D eigenvalue weighted by Gasteiger charge is 2.26. The van der Waals surface area contributed by atoms with E-state index >= 15 is 0 Å². The molecule has 0 bridgehead atoms. The van der Waals surface area contributed by atoms with Gasteiger partial charge in [0, 0.05) is 25.0 Å². The maximum absolute atomic E-state index is 12.5. The highest BCUT2D eigenvalue weighted by molar-refractivity contribution is 7.80. The summed E-state index contributed by atoms with van der Waals surface area (Å²) in [5, 5.41) is 3.25. The lowest BCUT2D eigenvalue weighted by atomic mass is 9.97. The van der Waals surface area contributed by atoms with Crippen LogP contribution in [0.3, 0.4) is 0 Å². The van der Waals surface area contributed by atoms with E-state index in [2.05, 4.69) is 15.2 Å². The Labute approximate surface area is 188 Å². The summed E-state index contributed by atoms with van der Waals surface area (Å²) < 4.78 is 16.0. The molecule has 1 aromatic carbocycles. The number of benzene rings is 1. The van der Waals surface area contributed by atoms with Gasteiger partial charge in [-0.1, -0.05) is 6.07 Å². The standard InChI is InChI=1S/C23H27N3O4S/c1-28-19-13-16(14-20(29-2)22(19)30-3)9-10-21(27)25-23(31)26-12-5-4-8-18(26)17-7-6-11-24-15-17/h6-7,9-11,13-15,18H,4-5,8,12H2,1-3H3,(H,25,27,31)/t18-/m0/s1. The fourth-order valence-electron chi connectivity index (χ4n) is 3.68. The Morgan fingerprint density at radius 3 is 2.55 bits per heavy atom. The van der Waals surface area contributed by atoms with Crippen molar-refractivity contribution < 1.29 is 19.0 Å². The van der Waals surface area contributed by atoms with Crippen LogP contribution in [0.1, 0.15) is 36.4 Å². The van der Waals surface area contributed by atoms with Crippen molar-refractivity contribution in [1.82, 2.24) is 15.2 Å². The number of piperidine rings is 1. The highest BCUT2D eigenvalue weighted by atomic mass is 32.1. The number of pyridine rings is 1. The zero-order valence-electron chi connectivity index (χ0n) is 18.0. The van der Waals surface area contributed by atoms with Crippen LogP contribution in [0.2, 0.25) is 0 Å². The average molecular weight is 442 g/mol. The van der Waals surface area contributed by atoms with Crippen molar-refractivity contribution in [1.29, 1.82) is 0 Å². The van der Waals surface area contributed by atoms with Gasteiger partial charge in [-0.3, -0.25) is 15.1 Å². The van der Waals surface area contributed by atoms with Crippen LogP contribution < -0.4 is 19.5 Å². The molecule has 1 atom stereocenters. The number of methoxy groups -OCH3 is 3. The van der Waals surface area contributed by atoms with Crippen molar-refractivity contribution in [3.8, 4) is 17.2 Å². The predicted molar refractivity (Wildman–Crippen MR) is 123 cm³/mol. The van der Waals surface area contributed by atoms with Crippen LogP contribution in [0, 0.1) is 0 Å². The lowest BCUT2D eigenvalue weighted by Crippen LogP contribution is -2.46. The van der Waals surface area contributed by atoms with E-state index in [9.17, 15) is 4.79 Å². The van der Waals surface area contributed by atoms with Crippen LogP contribution in [0.25, 0.3) is 6.08 Å². The maximum atomic E-state index is 12.5. The molecule has 1 aliphatic rings. The quantitative estimate of drug-likeness (QED) is 0.541. The number of carbonyl (C=O) groups excluding carboxylic acids is 1. The normalized spacial score (nSPS) is 16.1. The van der Waals surface area contributed by atoms with Gasteiger partial charge in [-0.25, -0.2) is 0 Å². The molecule has 1 N–H and O–H groups in total. The molecule has 2 heterocycles. The number of hydrogen-bond acceptors (Lipinski definition) is 6. The Bertz CT molecular complexity index is 924. The van der Waals surface area contributed by atoms with E-state index in [-0.39, 0.29) is 11.9 Å². The van der Waals surface area contributed by atoms with E-state index in [1.165, 1.54) is 6.08 Å². The zero-order chi connectivity index (χ0) is 22.2. The molecule has 1 aliphatic heterocycles. The second-order valence-electron chi connectivity index (χ2n) is 7.08. The monoisotopic (exact) mass is 441 g/mol. The Balaban J connectivity index is 1.70. The van der Waals surface area contributed by atoms with Crippen LogP contribution in [0.5, 0.6) is 17.2 Å².